The molecule has 3 rings (SSSR count). The highest BCUT2D eigenvalue weighted by Crippen LogP contribution is 2.55. The Morgan fingerprint density at radius 1 is 1.23 bits per heavy atom. The molecule has 1 aliphatic heterocycles. The Morgan fingerprint density at radius 3 is 2.59 bits per heavy atom. The van der Waals surface area contributed by atoms with E-state index in [0.29, 0.717) is 11.5 Å². The van der Waals surface area contributed by atoms with E-state index in [2.05, 4.69) is 31.6 Å². The summed E-state index contributed by atoms with van der Waals surface area (Å²) in [5.41, 5.74) is 0.334. The van der Waals surface area contributed by atoms with E-state index in [9.17, 15) is 14.2 Å². The third-order valence-corrected chi connectivity index (χ3v) is 8.90. The fourth-order valence-corrected chi connectivity index (χ4v) is 6.79. The lowest BCUT2D eigenvalue weighted by molar-refractivity contribution is -0.153. The second-order valence-electron chi connectivity index (χ2n) is 11.2. The molecule has 3 atom stereocenters. The van der Waals surface area contributed by atoms with Crippen LogP contribution < -0.4 is 14.3 Å². The average molecular weight is 562 g/mol. The molecular formula is C30H44NO7P. The normalized spacial score (nSPS) is 20.2. The van der Waals surface area contributed by atoms with E-state index in [1.165, 1.54) is 19.4 Å². The Kier molecular flexibility index (Phi) is 10.1. The molecule has 216 valence electrons. The lowest BCUT2D eigenvalue weighted by Crippen LogP contribution is -2.48. The predicted molar refractivity (Wildman–Crippen MR) is 152 cm³/mol. The predicted octanol–water partition coefficient (Wildman–Crippen LogP) is 7.81. The van der Waals surface area contributed by atoms with Crippen LogP contribution in [-0.4, -0.2) is 29.9 Å². The van der Waals surface area contributed by atoms with Gasteiger partial charge in [0, 0.05) is 17.4 Å². The second-order valence-corrected chi connectivity index (χ2v) is 13.1. The van der Waals surface area contributed by atoms with Crippen molar-refractivity contribution in [2.75, 3.05) is 6.61 Å². The molecule has 2 aliphatic rings. The van der Waals surface area contributed by atoms with Gasteiger partial charge in [0.1, 0.15) is 22.8 Å². The van der Waals surface area contributed by atoms with Crippen molar-refractivity contribution < 1.29 is 32.9 Å². The second kappa shape index (κ2) is 12.7. The molecule has 0 fully saturated rings. The van der Waals surface area contributed by atoms with Gasteiger partial charge >= 0.3 is 19.2 Å². The van der Waals surface area contributed by atoms with Gasteiger partial charge in [-0.1, -0.05) is 38.0 Å². The zero-order valence-corrected chi connectivity index (χ0v) is 25.3. The number of unbranched alkanes of at least 4 members (excludes halogenated alkanes) is 2. The number of esters is 1. The lowest BCUT2D eigenvalue weighted by atomic mass is 9.74. The maximum Gasteiger partial charge on any atom is 0.424 e. The Labute approximate surface area is 233 Å². The zero-order chi connectivity index (χ0) is 29.0. The first-order valence-electron chi connectivity index (χ1n) is 14.0. The smallest absolute Gasteiger partial charge is 0.424 e. The van der Waals surface area contributed by atoms with Gasteiger partial charge < -0.3 is 18.7 Å². The number of rotatable bonds is 12. The maximum absolute atomic E-state index is 14.3. The SMILES string of the molecule is C=C1Oc2cc(CCCCC)cc(OP(=O)(NC(C)(C)C(=O)OC(C)C)C(=O)OCC)c2C2C=C(C)CCC12. The van der Waals surface area contributed by atoms with Crippen LogP contribution in [0.15, 0.2) is 36.1 Å². The molecule has 1 heterocycles. The molecule has 1 aromatic carbocycles. The number of ether oxygens (including phenoxy) is 3. The Hall–Kier alpha value is -2.57. The van der Waals surface area contributed by atoms with Gasteiger partial charge in [0.15, 0.2) is 0 Å². The minimum Gasteiger partial charge on any atom is -0.462 e. The Morgan fingerprint density at radius 2 is 1.95 bits per heavy atom. The molecule has 1 aliphatic carbocycles. The molecule has 0 spiro atoms. The summed E-state index contributed by atoms with van der Waals surface area (Å²) >= 11 is 0. The molecule has 0 saturated heterocycles. The van der Waals surface area contributed by atoms with Crippen LogP contribution in [0.4, 0.5) is 4.79 Å². The van der Waals surface area contributed by atoms with Gasteiger partial charge in [0.25, 0.3) is 0 Å². The average Bonchev–Trinajstić information content (AvgIpc) is 2.83. The molecular weight excluding hydrogens is 517 g/mol. The number of carbonyl (C=O) groups excluding carboxylic acids is 2. The highest BCUT2D eigenvalue weighted by molar-refractivity contribution is 7.74. The standard InChI is InChI=1S/C30H44NO7P/c1-9-11-12-13-22-17-25-27(24-16-20(5)14-15-23(24)21(6)37-25)26(18-22)38-39(34,29(33)35-10-2)31-30(7,8)28(32)36-19(3)4/h16-19,23-24H,6,9-15H2,1-5,7-8H3,(H,31,34). The summed E-state index contributed by atoms with van der Waals surface area (Å²) in [6.07, 6.45) is 7.43. The van der Waals surface area contributed by atoms with Crippen LogP contribution in [-0.2, 0) is 25.3 Å². The minimum absolute atomic E-state index is 0.00450. The molecule has 9 heteroatoms. The van der Waals surface area contributed by atoms with E-state index in [1.54, 1.807) is 20.8 Å². The van der Waals surface area contributed by atoms with E-state index >= 15 is 0 Å². The molecule has 3 unspecified atom stereocenters. The summed E-state index contributed by atoms with van der Waals surface area (Å²) in [6.45, 7) is 16.5. The monoisotopic (exact) mass is 561 g/mol. The van der Waals surface area contributed by atoms with Crippen LogP contribution in [0.25, 0.3) is 0 Å². The van der Waals surface area contributed by atoms with Crippen LogP contribution in [0, 0.1) is 5.92 Å². The fourth-order valence-electron chi connectivity index (χ4n) is 5.03. The fraction of sp³-hybridized carbons (Fsp3) is 0.600. The third-order valence-electron chi connectivity index (χ3n) is 6.98. The first kappa shape index (κ1) is 31.0. The summed E-state index contributed by atoms with van der Waals surface area (Å²) in [7, 11) is -4.45. The summed E-state index contributed by atoms with van der Waals surface area (Å²) in [5.74, 6) is 0.823. The van der Waals surface area contributed by atoms with E-state index in [1.807, 2.05) is 12.1 Å². The number of allylic oxidation sites excluding steroid dienone is 3. The Balaban J connectivity index is 2.12. The molecule has 1 aromatic rings. The van der Waals surface area contributed by atoms with Crippen molar-refractivity contribution in [3.8, 4) is 11.5 Å². The summed E-state index contributed by atoms with van der Waals surface area (Å²) in [5, 5.41) is 2.69. The van der Waals surface area contributed by atoms with Gasteiger partial charge in [-0.3, -0.25) is 4.79 Å². The molecule has 0 amide bonds. The van der Waals surface area contributed by atoms with Crippen LogP contribution >= 0.6 is 7.52 Å². The maximum atomic E-state index is 14.3. The van der Waals surface area contributed by atoms with Crippen LogP contribution in [0.2, 0.25) is 0 Å². The van der Waals surface area contributed by atoms with Crippen molar-refractivity contribution in [3.63, 3.8) is 0 Å². The summed E-state index contributed by atoms with van der Waals surface area (Å²) in [6, 6.07) is 3.83. The van der Waals surface area contributed by atoms with Gasteiger partial charge in [0.05, 0.1) is 12.7 Å². The van der Waals surface area contributed by atoms with Crippen LogP contribution in [0.3, 0.4) is 0 Å². The molecule has 1 N–H and O–H groups in total. The van der Waals surface area contributed by atoms with Gasteiger partial charge in [-0.25, -0.2) is 14.4 Å². The molecule has 39 heavy (non-hydrogen) atoms. The number of aryl methyl sites for hydroxylation is 1. The van der Waals surface area contributed by atoms with E-state index in [0.717, 1.165) is 49.7 Å². The van der Waals surface area contributed by atoms with E-state index in [-0.39, 0.29) is 24.2 Å². The number of hydrogen-bond donors (Lipinski definition) is 1. The number of benzene rings is 1. The first-order chi connectivity index (χ1) is 18.3. The molecule has 0 radical (unpaired) electrons. The quantitative estimate of drug-likeness (QED) is 0.119. The highest BCUT2D eigenvalue weighted by atomic mass is 31.2. The molecule has 0 aromatic heterocycles. The summed E-state index contributed by atoms with van der Waals surface area (Å²) in [4.78, 5) is 26.0. The van der Waals surface area contributed by atoms with E-state index < -0.39 is 30.8 Å². The number of hydrogen-bond acceptors (Lipinski definition) is 7. The number of nitrogens with one attached hydrogen (secondary N) is 1. The van der Waals surface area contributed by atoms with Gasteiger partial charge in [-0.2, -0.15) is 0 Å². The summed E-state index contributed by atoms with van der Waals surface area (Å²) < 4.78 is 37.3. The van der Waals surface area contributed by atoms with Crippen molar-refractivity contribution >= 4 is 19.2 Å². The van der Waals surface area contributed by atoms with Crippen molar-refractivity contribution in [2.45, 2.75) is 105 Å². The van der Waals surface area contributed by atoms with Crippen molar-refractivity contribution in [3.05, 3.63) is 47.2 Å². The van der Waals surface area contributed by atoms with E-state index in [4.69, 9.17) is 18.7 Å². The van der Waals surface area contributed by atoms with Crippen LogP contribution in [0.5, 0.6) is 11.5 Å². The molecule has 8 nitrogen and oxygen atoms in total. The first-order valence-corrected chi connectivity index (χ1v) is 15.6. The van der Waals surface area contributed by atoms with Gasteiger partial charge in [0.2, 0.25) is 0 Å². The van der Waals surface area contributed by atoms with Crippen molar-refractivity contribution in [1.82, 2.24) is 5.09 Å². The lowest BCUT2D eigenvalue weighted by Gasteiger charge is -2.38. The van der Waals surface area contributed by atoms with Crippen molar-refractivity contribution in [2.24, 2.45) is 5.92 Å². The highest BCUT2D eigenvalue weighted by Gasteiger charge is 2.47. The number of fused-ring (bicyclic) bond motifs is 3. The zero-order valence-electron chi connectivity index (χ0n) is 24.4. The largest absolute Gasteiger partial charge is 0.462 e. The van der Waals surface area contributed by atoms with Crippen LogP contribution in [0.1, 0.15) is 97.6 Å². The van der Waals surface area contributed by atoms with Gasteiger partial charge in [-0.05, 0) is 84.9 Å². The molecule has 0 saturated carbocycles. The topological polar surface area (TPSA) is 100 Å². The number of carbonyl (C=O) groups is 2. The van der Waals surface area contributed by atoms with Crippen molar-refractivity contribution in [1.29, 1.82) is 0 Å². The Bertz CT molecular complexity index is 1170. The molecule has 0 bridgehead atoms. The third kappa shape index (κ3) is 7.34. The van der Waals surface area contributed by atoms with Gasteiger partial charge in [-0.15, -0.1) is 0 Å². The minimum atomic E-state index is -4.45.